The topological polar surface area (TPSA) is 91.8 Å². The summed E-state index contributed by atoms with van der Waals surface area (Å²) in [7, 11) is -4.47. The van der Waals surface area contributed by atoms with Gasteiger partial charge in [-0.25, -0.2) is 17.6 Å². The van der Waals surface area contributed by atoms with Crippen molar-refractivity contribution in [2.24, 2.45) is 0 Å². The van der Waals surface area contributed by atoms with Gasteiger partial charge in [0.05, 0.1) is 16.5 Å². The first-order valence-electron chi connectivity index (χ1n) is 12.5. The molecule has 5 rings (SSSR count). The summed E-state index contributed by atoms with van der Waals surface area (Å²) in [4.78, 5) is 26.0. The summed E-state index contributed by atoms with van der Waals surface area (Å²) < 4.78 is 124. The van der Waals surface area contributed by atoms with Crippen LogP contribution < -0.4 is 0 Å². The van der Waals surface area contributed by atoms with Gasteiger partial charge in [0.2, 0.25) is 0 Å². The van der Waals surface area contributed by atoms with Crippen LogP contribution >= 0.6 is 22.6 Å². The number of benzene rings is 3. The zero-order chi connectivity index (χ0) is 31.8. The highest BCUT2D eigenvalue weighted by Gasteiger charge is 2.74. The summed E-state index contributed by atoms with van der Waals surface area (Å²) in [6.45, 7) is -0.177. The van der Waals surface area contributed by atoms with Gasteiger partial charge in [-0.2, -0.15) is 26.3 Å². The van der Waals surface area contributed by atoms with E-state index >= 15 is 0 Å². The lowest BCUT2D eigenvalue weighted by molar-refractivity contribution is -0.348. The molecule has 0 aromatic heterocycles. The lowest BCUT2D eigenvalue weighted by Crippen LogP contribution is -2.50. The fourth-order valence-electron chi connectivity index (χ4n) is 6.01. The molecule has 6 nitrogen and oxygen atoms in total. The molecule has 1 fully saturated rings. The number of rotatable bonds is 5. The van der Waals surface area contributed by atoms with E-state index in [1.165, 1.54) is 42.5 Å². The maximum absolute atomic E-state index is 15.0. The number of fused-ring (bicyclic) bond motifs is 3. The van der Waals surface area contributed by atoms with Crippen molar-refractivity contribution < 1.29 is 53.8 Å². The fourth-order valence-corrected chi connectivity index (χ4v) is 8.70. The van der Waals surface area contributed by atoms with Gasteiger partial charge in [-0.3, -0.25) is 4.79 Å². The average molecular weight is 741 g/mol. The van der Waals surface area contributed by atoms with E-state index in [9.17, 15) is 53.8 Å². The quantitative estimate of drug-likeness (QED) is 0.241. The van der Waals surface area contributed by atoms with Crippen LogP contribution in [0.25, 0.3) is 0 Å². The van der Waals surface area contributed by atoms with Gasteiger partial charge < -0.3 is 10.0 Å². The molecule has 2 unspecified atom stereocenters. The van der Waals surface area contributed by atoms with E-state index < -0.39 is 62.5 Å². The van der Waals surface area contributed by atoms with Crippen LogP contribution in [0.2, 0.25) is 0 Å². The zero-order valence-corrected chi connectivity index (χ0v) is 24.5. The molecule has 1 aliphatic carbocycles. The van der Waals surface area contributed by atoms with Crippen molar-refractivity contribution in [3.05, 3.63) is 98.1 Å². The smallest absolute Gasteiger partial charge is 0.435 e. The molecular formula is C28H19F7INO5S. The normalized spacial score (nSPS) is 20.6. The number of hydrogen-bond donors (Lipinski definition) is 1. The average Bonchev–Trinajstić information content (AvgIpc) is 3.46. The molecule has 1 N–H and O–H groups in total. The minimum Gasteiger partial charge on any atom is -0.478 e. The molecule has 2 aliphatic rings. The molecule has 0 bridgehead atoms. The number of sulfone groups is 1. The molecule has 0 spiro atoms. The van der Waals surface area contributed by atoms with Gasteiger partial charge in [-0.05, 0) is 89.0 Å². The van der Waals surface area contributed by atoms with Crippen LogP contribution in [0.15, 0.2) is 71.6 Å². The van der Waals surface area contributed by atoms with Crippen molar-refractivity contribution in [3.63, 3.8) is 0 Å². The zero-order valence-electron chi connectivity index (χ0n) is 21.5. The Morgan fingerprint density at radius 3 is 2.07 bits per heavy atom. The third-order valence-corrected chi connectivity index (χ3v) is 11.3. The molecule has 1 aliphatic heterocycles. The van der Waals surface area contributed by atoms with Gasteiger partial charge in [-0.15, -0.1) is 0 Å². The second-order valence-electron chi connectivity index (χ2n) is 10.2. The number of alkyl halides is 7. The highest BCUT2D eigenvalue weighted by atomic mass is 127. The van der Waals surface area contributed by atoms with Gasteiger partial charge in [0.15, 0.2) is 9.84 Å². The highest BCUT2D eigenvalue weighted by Crippen LogP contribution is 2.57. The summed E-state index contributed by atoms with van der Waals surface area (Å²) in [5, 5.41) is 9.33. The Morgan fingerprint density at radius 2 is 1.49 bits per heavy atom. The second kappa shape index (κ2) is 10.2. The Bertz CT molecular complexity index is 1730. The van der Waals surface area contributed by atoms with Gasteiger partial charge >= 0.3 is 24.0 Å². The van der Waals surface area contributed by atoms with Crippen LogP contribution in [0.5, 0.6) is 0 Å². The SMILES string of the molecule is O=C(O)c1cccc(C(=O)N2CCC3(S(=O)(=O)c4ccc(I)cc4)c4ccc(C(F)(C(F)(F)F)C(F)(F)F)cc4CC23)c1. The number of halogens is 8. The first-order chi connectivity index (χ1) is 19.9. The maximum Gasteiger partial charge on any atom is 0.435 e. The van der Waals surface area contributed by atoms with E-state index in [4.69, 9.17) is 0 Å². The van der Waals surface area contributed by atoms with Gasteiger partial charge in [0.25, 0.3) is 5.91 Å². The Morgan fingerprint density at radius 1 is 0.884 bits per heavy atom. The van der Waals surface area contributed by atoms with Crippen molar-refractivity contribution in [2.45, 2.75) is 46.5 Å². The molecule has 1 amide bonds. The number of carboxylic acid groups (broad SMARTS) is 1. The van der Waals surface area contributed by atoms with Crippen LogP contribution in [-0.4, -0.2) is 55.2 Å². The van der Waals surface area contributed by atoms with E-state index in [-0.39, 0.29) is 46.2 Å². The Kier molecular flexibility index (Phi) is 7.39. The number of nitrogens with zero attached hydrogens (tertiary/aromatic N) is 1. The molecule has 1 heterocycles. The monoisotopic (exact) mass is 741 g/mol. The lowest BCUT2D eigenvalue weighted by atomic mass is 9.90. The molecule has 3 aromatic rings. The molecule has 0 saturated carbocycles. The second-order valence-corrected chi connectivity index (χ2v) is 13.7. The van der Waals surface area contributed by atoms with Gasteiger partial charge in [-0.1, -0.05) is 24.3 Å². The van der Waals surface area contributed by atoms with Crippen molar-refractivity contribution in [1.29, 1.82) is 0 Å². The minimum atomic E-state index is -6.38. The molecule has 1 saturated heterocycles. The Balaban J connectivity index is 1.69. The molecule has 228 valence electrons. The standard InChI is InChI=1S/C28H19F7INO5S/c29-26(27(30,31)32,28(33,34)35)18-4-9-21-17(13-18)14-22-25(21,43(41,42)20-7-5-19(36)6-8-20)10-11-37(22)23(38)15-2-1-3-16(12-15)24(39)40/h1-9,12-13,22H,10-11,14H2,(H,39,40). The molecule has 15 heteroatoms. The highest BCUT2D eigenvalue weighted by molar-refractivity contribution is 14.1. The van der Waals surface area contributed by atoms with Crippen molar-refractivity contribution in [2.75, 3.05) is 6.54 Å². The van der Waals surface area contributed by atoms with Crippen LogP contribution in [0.1, 0.15) is 43.8 Å². The van der Waals surface area contributed by atoms with Crippen molar-refractivity contribution in [3.8, 4) is 0 Å². The number of amides is 1. The maximum atomic E-state index is 15.0. The minimum absolute atomic E-state index is 0.115. The van der Waals surface area contributed by atoms with Gasteiger partial charge in [0, 0.05) is 21.2 Å². The number of aromatic carboxylic acids is 1. The van der Waals surface area contributed by atoms with E-state index in [2.05, 4.69) is 0 Å². The molecule has 0 radical (unpaired) electrons. The third kappa shape index (κ3) is 4.60. The molecular weight excluding hydrogens is 722 g/mol. The summed E-state index contributed by atoms with van der Waals surface area (Å²) in [6.07, 6.45) is -13.5. The third-order valence-electron chi connectivity index (χ3n) is 8.01. The Hall–Kier alpha value is -3.21. The number of carbonyl (C=O) groups is 2. The molecule has 43 heavy (non-hydrogen) atoms. The van der Waals surface area contributed by atoms with Crippen LogP contribution in [0.3, 0.4) is 0 Å². The largest absolute Gasteiger partial charge is 0.478 e. The predicted octanol–water partition coefficient (Wildman–Crippen LogP) is 6.42. The number of carboxylic acids is 1. The Labute approximate surface area is 253 Å². The summed E-state index contributed by atoms with van der Waals surface area (Å²) in [5.74, 6) is -2.12. The van der Waals surface area contributed by atoms with E-state index in [0.29, 0.717) is 9.64 Å². The summed E-state index contributed by atoms with van der Waals surface area (Å²) in [6, 6.07) is 10.6. The first-order valence-corrected chi connectivity index (χ1v) is 15.0. The van der Waals surface area contributed by atoms with E-state index in [0.717, 1.165) is 17.0 Å². The molecule has 3 aromatic carbocycles. The number of carbonyl (C=O) groups excluding carboxylic acids is 1. The van der Waals surface area contributed by atoms with E-state index in [1.54, 1.807) is 0 Å². The summed E-state index contributed by atoms with van der Waals surface area (Å²) in [5.41, 5.74) is -8.27. The number of hydrogen-bond acceptors (Lipinski definition) is 4. The first kappa shape index (κ1) is 31.2. The van der Waals surface area contributed by atoms with Crippen molar-refractivity contribution >= 4 is 44.3 Å². The van der Waals surface area contributed by atoms with Crippen molar-refractivity contribution in [1.82, 2.24) is 4.90 Å². The number of likely N-dealkylation sites (tertiary alicyclic amines) is 1. The van der Waals surface area contributed by atoms with Crippen LogP contribution in [-0.2, 0) is 26.7 Å². The molecule has 2 atom stereocenters. The van der Waals surface area contributed by atoms with Crippen LogP contribution in [0, 0.1) is 3.57 Å². The fraction of sp³-hybridized carbons (Fsp3) is 0.286. The lowest BCUT2D eigenvalue weighted by Gasteiger charge is -2.33. The predicted molar refractivity (Wildman–Crippen MR) is 146 cm³/mol. The van der Waals surface area contributed by atoms with Crippen LogP contribution in [0.4, 0.5) is 30.7 Å². The van der Waals surface area contributed by atoms with Gasteiger partial charge in [0.1, 0.15) is 4.75 Å². The van der Waals surface area contributed by atoms with E-state index in [1.807, 2.05) is 22.6 Å². The summed E-state index contributed by atoms with van der Waals surface area (Å²) >= 11 is 1.94.